The first-order chi connectivity index (χ1) is 11.4. The van der Waals surface area contributed by atoms with Crippen molar-refractivity contribution in [2.75, 3.05) is 13.1 Å². The number of rotatable bonds is 3. The summed E-state index contributed by atoms with van der Waals surface area (Å²) in [4.78, 5) is 26.8. The molecule has 2 fully saturated rings. The SMILES string of the molecule is Cc1nn(C(=O)CCC(=O)N2CCCCC2)c2c1[C@H]1[C@@H](C2)C1(C)C. The number of hydrogen-bond donors (Lipinski definition) is 0. The van der Waals surface area contributed by atoms with Gasteiger partial charge in [0, 0.05) is 31.5 Å². The van der Waals surface area contributed by atoms with Crippen LogP contribution in [-0.4, -0.2) is 39.6 Å². The van der Waals surface area contributed by atoms with Crippen molar-refractivity contribution in [2.24, 2.45) is 11.3 Å². The molecule has 2 aliphatic carbocycles. The lowest BCUT2D eigenvalue weighted by Gasteiger charge is -2.26. The first-order valence-corrected chi connectivity index (χ1v) is 9.30. The maximum atomic E-state index is 12.6. The number of carbonyl (C=O) groups is 2. The Kier molecular flexibility index (Phi) is 3.59. The number of aryl methyl sites for hydroxylation is 1. The number of nitrogens with zero attached hydrogens (tertiary/aromatic N) is 3. The van der Waals surface area contributed by atoms with E-state index in [1.54, 1.807) is 4.68 Å². The first kappa shape index (κ1) is 15.9. The number of likely N-dealkylation sites (tertiary alicyclic amines) is 1. The van der Waals surface area contributed by atoms with Crippen LogP contribution in [0.1, 0.15) is 73.6 Å². The number of fused-ring (bicyclic) bond motifs is 3. The molecule has 1 aromatic rings. The van der Waals surface area contributed by atoms with Crippen LogP contribution in [0.15, 0.2) is 0 Å². The molecule has 24 heavy (non-hydrogen) atoms. The summed E-state index contributed by atoms with van der Waals surface area (Å²) in [6.45, 7) is 8.32. The van der Waals surface area contributed by atoms with E-state index in [0.29, 0.717) is 23.7 Å². The molecule has 1 saturated carbocycles. The lowest BCUT2D eigenvalue weighted by molar-refractivity contribution is -0.132. The molecule has 130 valence electrons. The molecule has 4 rings (SSSR count). The molecule has 1 aliphatic heterocycles. The molecular formula is C19H27N3O2. The zero-order valence-electron chi connectivity index (χ0n) is 15.0. The van der Waals surface area contributed by atoms with Crippen LogP contribution in [0.5, 0.6) is 0 Å². The van der Waals surface area contributed by atoms with E-state index in [9.17, 15) is 9.59 Å². The van der Waals surface area contributed by atoms with Gasteiger partial charge in [-0.3, -0.25) is 9.59 Å². The van der Waals surface area contributed by atoms with Crippen LogP contribution in [0.3, 0.4) is 0 Å². The molecule has 0 spiro atoms. The van der Waals surface area contributed by atoms with Crippen LogP contribution < -0.4 is 0 Å². The standard InChI is InChI=1S/C19H27N3O2/c1-12-17-14(11-13-18(17)19(13,2)3)22(20-12)16(24)8-7-15(23)21-9-5-4-6-10-21/h13,18H,4-11H2,1-3H3/t13-,18-/m1/s1. The fourth-order valence-electron chi connectivity index (χ4n) is 4.92. The Bertz CT molecular complexity index is 698. The Balaban J connectivity index is 1.42. The third-order valence-electron chi connectivity index (χ3n) is 6.48. The maximum absolute atomic E-state index is 12.6. The second-order valence-electron chi connectivity index (χ2n) is 8.30. The van der Waals surface area contributed by atoms with Gasteiger partial charge >= 0.3 is 0 Å². The number of amides is 1. The summed E-state index contributed by atoms with van der Waals surface area (Å²) in [5.74, 6) is 1.33. The summed E-state index contributed by atoms with van der Waals surface area (Å²) >= 11 is 0. The molecule has 3 aliphatic rings. The second-order valence-corrected chi connectivity index (χ2v) is 8.30. The maximum Gasteiger partial charge on any atom is 0.247 e. The van der Waals surface area contributed by atoms with Gasteiger partial charge in [0.25, 0.3) is 0 Å². The van der Waals surface area contributed by atoms with Gasteiger partial charge in [0.15, 0.2) is 0 Å². The van der Waals surface area contributed by atoms with Crippen LogP contribution in [0, 0.1) is 18.3 Å². The van der Waals surface area contributed by atoms with Gasteiger partial charge in [0.05, 0.1) is 11.4 Å². The van der Waals surface area contributed by atoms with Crippen LogP contribution in [0.2, 0.25) is 0 Å². The Hall–Kier alpha value is -1.65. The van der Waals surface area contributed by atoms with Gasteiger partial charge in [-0.2, -0.15) is 5.10 Å². The molecule has 1 saturated heterocycles. The summed E-state index contributed by atoms with van der Waals surface area (Å²) in [6.07, 6.45) is 4.92. The van der Waals surface area contributed by atoms with Crippen LogP contribution in [-0.2, 0) is 11.2 Å². The molecule has 2 heterocycles. The number of hydrogen-bond acceptors (Lipinski definition) is 3. The van der Waals surface area contributed by atoms with Crippen molar-refractivity contribution >= 4 is 11.8 Å². The highest BCUT2D eigenvalue weighted by Gasteiger charge is 2.64. The van der Waals surface area contributed by atoms with Crippen molar-refractivity contribution < 1.29 is 9.59 Å². The van der Waals surface area contributed by atoms with Crippen LogP contribution >= 0.6 is 0 Å². The van der Waals surface area contributed by atoms with E-state index < -0.39 is 0 Å². The van der Waals surface area contributed by atoms with Crippen molar-refractivity contribution in [1.82, 2.24) is 14.7 Å². The first-order valence-electron chi connectivity index (χ1n) is 9.30. The highest BCUT2D eigenvalue weighted by atomic mass is 16.2. The van der Waals surface area contributed by atoms with Gasteiger partial charge in [0.2, 0.25) is 11.8 Å². The summed E-state index contributed by atoms with van der Waals surface area (Å²) in [6, 6.07) is 0. The zero-order chi connectivity index (χ0) is 17.1. The molecule has 0 unspecified atom stereocenters. The van der Waals surface area contributed by atoms with E-state index in [1.165, 1.54) is 12.0 Å². The van der Waals surface area contributed by atoms with E-state index in [0.717, 1.165) is 43.7 Å². The van der Waals surface area contributed by atoms with Gasteiger partial charge in [-0.25, -0.2) is 4.68 Å². The van der Waals surface area contributed by atoms with Crippen molar-refractivity contribution in [3.63, 3.8) is 0 Å². The Labute approximate surface area is 143 Å². The normalized spacial score (nSPS) is 26.9. The molecule has 0 bridgehead atoms. The summed E-state index contributed by atoms with van der Waals surface area (Å²) in [5, 5.41) is 4.51. The summed E-state index contributed by atoms with van der Waals surface area (Å²) < 4.78 is 1.61. The largest absolute Gasteiger partial charge is 0.343 e. The molecule has 0 aromatic carbocycles. The van der Waals surface area contributed by atoms with E-state index in [2.05, 4.69) is 18.9 Å². The molecule has 2 atom stereocenters. The lowest BCUT2D eigenvalue weighted by Crippen LogP contribution is -2.36. The smallest absolute Gasteiger partial charge is 0.247 e. The fraction of sp³-hybridized carbons (Fsp3) is 0.737. The minimum Gasteiger partial charge on any atom is -0.343 e. The van der Waals surface area contributed by atoms with Gasteiger partial charge < -0.3 is 4.90 Å². The Morgan fingerprint density at radius 1 is 1.12 bits per heavy atom. The van der Waals surface area contributed by atoms with Crippen molar-refractivity contribution in [3.8, 4) is 0 Å². The zero-order valence-corrected chi connectivity index (χ0v) is 15.0. The van der Waals surface area contributed by atoms with E-state index in [1.807, 2.05) is 11.8 Å². The number of piperidine rings is 1. The molecule has 5 nitrogen and oxygen atoms in total. The minimum absolute atomic E-state index is 0.0242. The van der Waals surface area contributed by atoms with E-state index >= 15 is 0 Å². The monoisotopic (exact) mass is 329 g/mol. The van der Waals surface area contributed by atoms with Crippen molar-refractivity contribution in [2.45, 2.75) is 65.2 Å². The van der Waals surface area contributed by atoms with E-state index in [4.69, 9.17) is 0 Å². The average Bonchev–Trinajstić information content (AvgIpc) is 2.92. The number of aromatic nitrogens is 2. The third-order valence-corrected chi connectivity index (χ3v) is 6.48. The van der Waals surface area contributed by atoms with Gasteiger partial charge in [-0.15, -0.1) is 0 Å². The predicted molar refractivity (Wildman–Crippen MR) is 91.0 cm³/mol. The van der Waals surface area contributed by atoms with Gasteiger partial charge in [-0.05, 0) is 49.9 Å². The van der Waals surface area contributed by atoms with E-state index in [-0.39, 0.29) is 18.2 Å². The number of carbonyl (C=O) groups excluding carboxylic acids is 2. The van der Waals surface area contributed by atoms with Gasteiger partial charge in [-0.1, -0.05) is 13.8 Å². The lowest BCUT2D eigenvalue weighted by atomic mass is 9.98. The summed E-state index contributed by atoms with van der Waals surface area (Å²) in [7, 11) is 0. The Morgan fingerprint density at radius 3 is 2.50 bits per heavy atom. The van der Waals surface area contributed by atoms with Crippen LogP contribution in [0.25, 0.3) is 0 Å². The van der Waals surface area contributed by atoms with Gasteiger partial charge in [0.1, 0.15) is 0 Å². The summed E-state index contributed by atoms with van der Waals surface area (Å²) in [5.41, 5.74) is 3.77. The minimum atomic E-state index is -0.0242. The average molecular weight is 329 g/mol. The quantitative estimate of drug-likeness (QED) is 0.857. The highest BCUT2D eigenvalue weighted by molar-refractivity contribution is 5.85. The molecule has 0 radical (unpaired) electrons. The Morgan fingerprint density at radius 2 is 1.79 bits per heavy atom. The molecular weight excluding hydrogens is 302 g/mol. The molecule has 0 N–H and O–H groups in total. The molecule has 1 amide bonds. The highest BCUT2D eigenvalue weighted by Crippen LogP contribution is 2.70. The predicted octanol–water partition coefficient (Wildman–Crippen LogP) is 2.92. The van der Waals surface area contributed by atoms with Crippen LogP contribution in [0.4, 0.5) is 0 Å². The molecule has 5 heteroatoms. The van der Waals surface area contributed by atoms with Crippen molar-refractivity contribution in [1.29, 1.82) is 0 Å². The topological polar surface area (TPSA) is 55.2 Å². The van der Waals surface area contributed by atoms with Crippen molar-refractivity contribution in [3.05, 3.63) is 17.0 Å². The molecule has 1 aromatic heterocycles. The fourth-order valence-corrected chi connectivity index (χ4v) is 4.92. The third kappa shape index (κ3) is 2.32. The second kappa shape index (κ2) is 5.43.